The van der Waals surface area contributed by atoms with Crippen LogP contribution in [0.4, 0.5) is 4.39 Å². The maximum atomic E-state index is 13.4. The molecule has 0 spiro atoms. The predicted octanol–water partition coefficient (Wildman–Crippen LogP) is 2.50. The first-order chi connectivity index (χ1) is 7.04. The van der Waals surface area contributed by atoms with Gasteiger partial charge in [-0.1, -0.05) is 13.0 Å². The standard InChI is InChI=1S/C11H13FO2S/c1-7(14)8(2)15-11-4-3-9(6-13)5-10(11)12/h3-8,14H,1-2H3. The first-order valence-corrected chi connectivity index (χ1v) is 5.52. The van der Waals surface area contributed by atoms with E-state index in [0.717, 1.165) is 0 Å². The van der Waals surface area contributed by atoms with Gasteiger partial charge in [-0.3, -0.25) is 4.79 Å². The summed E-state index contributed by atoms with van der Waals surface area (Å²) in [7, 11) is 0. The van der Waals surface area contributed by atoms with Crippen LogP contribution >= 0.6 is 11.8 Å². The zero-order valence-electron chi connectivity index (χ0n) is 8.61. The van der Waals surface area contributed by atoms with Crippen molar-refractivity contribution in [1.29, 1.82) is 0 Å². The molecule has 0 saturated carbocycles. The lowest BCUT2D eigenvalue weighted by molar-refractivity contribution is 0.112. The van der Waals surface area contributed by atoms with E-state index in [-0.39, 0.29) is 5.25 Å². The molecule has 0 fully saturated rings. The highest BCUT2D eigenvalue weighted by Crippen LogP contribution is 2.27. The second-order valence-corrected chi connectivity index (χ2v) is 4.79. The van der Waals surface area contributed by atoms with Gasteiger partial charge < -0.3 is 5.11 Å². The van der Waals surface area contributed by atoms with Crippen LogP contribution in [0, 0.1) is 5.82 Å². The van der Waals surface area contributed by atoms with Gasteiger partial charge in [-0.2, -0.15) is 0 Å². The monoisotopic (exact) mass is 228 g/mol. The molecule has 0 aliphatic rings. The van der Waals surface area contributed by atoms with Crippen molar-refractivity contribution in [3.8, 4) is 0 Å². The smallest absolute Gasteiger partial charge is 0.150 e. The molecule has 2 nitrogen and oxygen atoms in total. The zero-order chi connectivity index (χ0) is 11.4. The van der Waals surface area contributed by atoms with Crippen molar-refractivity contribution in [2.45, 2.75) is 30.1 Å². The van der Waals surface area contributed by atoms with E-state index in [9.17, 15) is 14.3 Å². The average Bonchev–Trinajstić information content (AvgIpc) is 2.20. The van der Waals surface area contributed by atoms with Gasteiger partial charge in [0, 0.05) is 15.7 Å². The van der Waals surface area contributed by atoms with Gasteiger partial charge in [0.2, 0.25) is 0 Å². The van der Waals surface area contributed by atoms with Crippen molar-refractivity contribution >= 4 is 18.0 Å². The summed E-state index contributed by atoms with van der Waals surface area (Å²) in [5.41, 5.74) is 0.321. The minimum atomic E-state index is -0.500. The molecule has 2 unspecified atom stereocenters. The summed E-state index contributed by atoms with van der Waals surface area (Å²) in [4.78, 5) is 10.8. The lowest BCUT2D eigenvalue weighted by Crippen LogP contribution is -2.15. The number of benzene rings is 1. The van der Waals surface area contributed by atoms with Gasteiger partial charge in [0.25, 0.3) is 0 Å². The van der Waals surface area contributed by atoms with Crippen molar-refractivity contribution in [3.63, 3.8) is 0 Å². The van der Waals surface area contributed by atoms with E-state index in [1.54, 1.807) is 19.1 Å². The summed E-state index contributed by atoms with van der Waals surface area (Å²) in [6, 6.07) is 4.32. The minimum absolute atomic E-state index is 0.0819. The first kappa shape index (κ1) is 12.2. The molecule has 2 atom stereocenters. The van der Waals surface area contributed by atoms with Gasteiger partial charge >= 0.3 is 0 Å². The van der Waals surface area contributed by atoms with Crippen molar-refractivity contribution < 1.29 is 14.3 Å². The van der Waals surface area contributed by atoms with Gasteiger partial charge in [-0.05, 0) is 19.1 Å². The Morgan fingerprint density at radius 3 is 2.60 bits per heavy atom. The van der Waals surface area contributed by atoms with Crippen LogP contribution < -0.4 is 0 Å². The number of carbonyl (C=O) groups excluding carboxylic acids is 1. The quantitative estimate of drug-likeness (QED) is 0.635. The third-order valence-corrected chi connectivity index (χ3v) is 3.43. The summed E-state index contributed by atoms with van der Waals surface area (Å²) in [5, 5.41) is 9.19. The molecule has 0 amide bonds. The van der Waals surface area contributed by atoms with Crippen LogP contribution in [-0.2, 0) is 0 Å². The van der Waals surface area contributed by atoms with E-state index in [1.165, 1.54) is 17.8 Å². The highest BCUT2D eigenvalue weighted by molar-refractivity contribution is 8.00. The summed E-state index contributed by atoms with van der Waals surface area (Å²) in [6.45, 7) is 3.48. The largest absolute Gasteiger partial charge is 0.392 e. The van der Waals surface area contributed by atoms with Crippen LogP contribution in [0.25, 0.3) is 0 Å². The second-order valence-electron chi connectivity index (χ2n) is 3.37. The predicted molar refractivity (Wildman–Crippen MR) is 58.8 cm³/mol. The van der Waals surface area contributed by atoms with E-state index in [2.05, 4.69) is 0 Å². The van der Waals surface area contributed by atoms with Gasteiger partial charge in [0.05, 0.1) is 6.10 Å². The second kappa shape index (κ2) is 5.28. The average molecular weight is 228 g/mol. The minimum Gasteiger partial charge on any atom is -0.392 e. The Morgan fingerprint density at radius 1 is 1.47 bits per heavy atom. The molecule has 0 bridgehead atoms. The summed E-state index contributed by atoms with van der Waals surface area (Å²) < 4.78 is 13.4. The summed E-state index contributed by atoms with van der Waals surface area (Å²) in [5.74, 6) is -0.419. The molecule has 1 rings (SSSR count). The molecule has 0 radical (unpaired) electrons. The maximum absolute atomic E-state index is 13.4. The van der Waals surface area contributed by atoms with E-state index in [1.807, 2.05) is 6.92 Å². The molecular weight excluding hydrogens is 215 g/mol. The number of aldehydes is 1. The molecule has 1 N–H and O–H groups in total. The van der Waals surface area contributed by atoms with Gasteiger partial charge in [-0.25, -0.2) is 4.39 Å². The fourth-order valence-electron chi connectivity index (χ4n) is 0.985. The molecule has 15 heavy (non-hydrogen) atoms. The maximum Gasteiger partial charge on any atom is 0.150 e. The first-order valence-electron chi connectivity index (χ1n) is 4.64. The number of carbonyl (C=O) groups is 1. The number of thioether (sulfide) groups is 1. The molecular formula is C11H13FO2S. The lowest BCUT2D eigenvalue weighted by atomic mass is 10.2. The van der Waals surface area contributed by atoms with E-state index in [4.69, 9.17) is 0 Å². The molecule has 4 heteroatoms. The van der Waals surface area contributed by atoms with Crippen LogP contribution in [0.5, 0.6) is 0 Å². The molecule has 0 aromatic heterocycles. The van der Waals surface area contributed by atoms with Crippen LogP contribution in [0.1, 0.15) is 24.2 Å². The van der Waals surface area contributed by atoms with Gasteiger partial charge in [0.15, 0.2) is 0 Å². The third kappa shape index (κ3) is 3.32. The Labute approximate surface area is 92.5 Å². The van der Waals surface area contributed by atoms with Crippen molar-refractivity contribution in [2.75, 3.05) is 0 Å². The van der Waals surface area contributed by atoms with Crippen LogP contribution in [0.15, 0.2) is 23.1 Å². The summed E-state index contributed by atoms with van der Waals surface area (Å²) >= 11 is 1.26. The van der Waals surface area contributed by atoms with E-state index >= 15 is 0 Å². The fourth-order valence-corrected chi connectivity index (χ4v) is 1.90. The van der Waals surface area contributed by atoms with Gasteiger partial charge in [-0.15, -0.1) is 11.8 Å². The molecule has 0 aliphatic heterocycles. The Balaban J connectivity index is 2.82. The topological polar surface area (TPSA) is 37.3 Å². The molecule has 1 aromatic rings. The van der Waals surface area contributed by atoms with Crippen molar-refractivity contribution in [2.24, 2.45) is 0 Å². The highest BCUT2D eigenvalue weighted by atomic mass is 32.2. The van der Waals surface area contributed by atoms with E-state index in [0.29, 0.717) is 16.7 Å². The number of aliphatic hydroxyl groups is 1. The lowest BCUT2D eigenvalue weighted by Gasteiger charge is -2.14. The Kier molecular flexibility index (Phi) is 4.29. The number of hydrogen-bond donors (Lipinski definition) is 1. The number of aliphatic hydroxyl groups excluding tert-OH is 1. The number of hydrogen-bond acceptors (Lipinski definition) is 3. The Morgan fingerprint density at radius 2 is 2.13 bits per heavy atom. The normalized spacial score (nSPS) is 14.7. The fraction of sp³-hybridized carbons (Fsp3) is 0.364. The molecule has 1 aromatic carbocycles. The highest BCUT2D eigenvalue weighted by Gasteiger charge is 2.13. The number of rotatable bonds is 4. The Hall–Kier alpha value is -0.870. The summed E-state index contributed by atoms with van der Waals surface area (Å²) in [6.07, 6.45) is 0.107. The molecule has 0 heterocycles. The molecule has 0 saturated heterocycles. The SMILES string of the molecule is CC(O)C(C)Sc1ccc(C=O)cc1F. The van der Waals surface area contributed by atoms with Crippen molar-refractivity contribution in [1.82, 2.24) is 0 Å². The van der Waals surface area contributed by atoms with E-state index < -0.39 is 11.9 Å². The van der Waals surface area contributed by atoms with Gasteiger partial charge in [0.1, 0.15) is 12.1 Å². The molecule has 82 valence electrons. The Bertz CT molecular complexity index is 352. The van der Waals surface area contributed by atoms with Crippen molar-refractivity contribution in [3.05, 3.63) is 29.6 Å². The van der Waals surface area contributed by atoms with Crippen LogP contribution in [-0.4, -0.2) is 22.7 Å². The van der Waals surface area contributed by atoms with Crippen LogP contribution in [0.3, 0.4) is 0 Å². The number of halogens is 1. The third-order valence-electron chi connectivity index (χ3n) is 2.08. The van der Waals surface area contributed by atoms with Crippen LogP contribution in [0.2, 0.25) is 0 Å². The molecule has 0 aliphatic carbocycles. The zero-order valence-corrected chi connectivity index (χ0v) is 9.42.